The fraction of sp³-hybridized carbons (Fsp3) is 0.263. The standard InChI is InChI=1S/C19H19BrClN3O2S/c1-12-10-14(20)3-5-17(12)23-6-8-24(9-7-23)19(27)22-16-4-2-13(18(25)26)11-15(16)21/h2-5,10-11H,6-9H2,1H3,(H,22,27)(H,25,26). The van der Waals surface area contributed by atoms with Crippen LogP contribution in [-0.2, 0) is 0 Å². The minimum atomic E-state index is -1.01. The lowest BCUT2D eigenvalue weighted by Crippen LogP contribution is -2.50. The molecule has 1 fully saturated rings. The van der Waals surface area contributed by atoms with Crippen LogP contribution < -0.4 is 10.2 Å². The number of hydrogen-bond acceptors (Lipinski definition) is 3. The van der Waals surface area contributed by atoms with Crippen molar-refractivity contribution in [2.24, 2.45) is 0 Å². The highest BCUT2D eigenvalue weighted by Gasteiger charge is 2.21. The fourth-order valence-electron chi connectivity index (χ4n) is 3.07. The minimum absolute atomic E-state index is 0.148. The molecule has 0 radical (unpaired) electrons. The Morgan fingerprint density at radius 1 is 1.19 bits per heavy atom. The van der Waals surface area contributed by atoms with Gasteiger partial charge in [0.05, 0.1) is 16.3 Å². The number of anilines is 2. The molecule has 0 bridgehead atoms. The first-order valence-electron chi connectivity index (χ1n) is 8.45. The van der Waals surface area contributed by atoms with Crippen LogP contribution in [0, 0.1) is 6.92 Å². The molecule has 2 aromatic carbocycles. The SMILES string of the molecule is Cc1cc(Br)ccc1N1CCN(C(=S)Nc2ccc(C(=O)O)cc2Cl)CC1. The first kappa shape index (κ1) is 19.9. The first-order valence-corrected chi connectivity index (χ1v) is 10.0. The van der Waals surface area contributed by atoms with Crippen molar-refractivity contribution in [1.29, 1.82) is 0 Å². The number of benzene rings is 2. The second kappa shape index (κ2) is 8.46. The third kappa shape index (κ3) is 4.72. The van der Waals surface area contributed by atoms with Gasteiger partial charge < -0.3 is 20.2 Å². The summed E-state index contributed by atoms with van der Waals surface area (Å²) in [6.07, 6.45) is 0. The number of hydrogen-bond donors (Lipinski definition) is 2. The van der Waals surface area contributed by atoms with Crippen molar-refractivity contribution < 1.29 is 9.90 Å². The van der Waals surface area contributed by atoms with E-state index < -0.39 is 5.97 Å². The molecule has 0 aromatic heterocycles. The normalized spacial score (nSPS) is 14.2. The fourth-order valence-corrected chi connectivity index (χ4v) is 4.06. The Balaban J connectivity index is 1.61. The molecule has 0 amide bonds. The number of thiocarbonyl (C=S) groups is 1. The van der Waals surface area contributed by atoms with Gasteiger partial charge in [-0.05, 0) is 61.1 Å². The molecule has 142 valence electrons. The Kier molecular flexibility index (Phi) is 6.24. The predicted octanol–water partition coefficient (Wildman–Crippen LogP) is 4.63. The average molecular weight is 469 g/mol. The van der Waals surface area contributed by atoms with E-state index in [2.05, 4.69) is 56.2 Å². The van der Waals surface area contributed by atoms with Crippen molar-refractivity contribution in [1.82, 2.24) is 4.90 Å². The largest absolute Gasteiger partial charge is 0.478 e. The number of halogens is 2. The molecule has 0 aliphatic carbocycles. The maximum Gasteiger partial charge on any atom is 0.335 e. The van der Waals surface area contributed by atoms with Gasteiger partial charge in [-0.25, -0.2) is 4.79 Å². The molecule has 3 rings (SSSR count). The van der Waals surface area contributed by atoms with Crippen LogP contribution in [0.1, 0.15) is 15.9 Å². The lowest BCUT2D eigenvalue weighted by molar-refractivity contribution is 0.0697. The molecule has 5 nitrogen and oxygen atoms in total. The molecule has 0 spiro atoms. The van der Waals surface area contributed by atoms with Crippen molar-refractivity contribution in [2.45, 2.75) is 6.92 Å². The van der Waals surface area contributed by atoms with E-state index in [1.54, 1.807) is 6.07 Å². The van der Waals surface area contributed by atoms with E-state index in [4.69, 9.17) is 28.9 Å². The zero-order valence-corrected chi connectivity index (χ0v) is 17.9. The summed E-state index contributed by atoms with van der Waals surface area (Å²) in [6.45, 7) is 5.45. The molecule has 0 atom stereocenters. The van der Waals surface area contributed by atoms with Crippen LogP contribution in [0.2, 0.25) is 5.02 Å². The second-order valence-corrected chi connectivity index (χ2v) is 8.04. The summed E-state index contributed by atoms with van der Waals surface area (Å²) in [6, 6.07) is 10.9. The minimum Gasteiger partial charge on any atom is -0.478 e. The Bertz CT molecular complexity index is 885. The van der Waals surface area contributed by atoms with Gasteiger partial charge in [-0.3, -0.25) is 0 Å². The predicted molar refractivity (Wildman–Crippen MR) is 117 cm³/mol. The molecule has 0 saturated carbocycles. The van der Waals surface area contributed by atoms with E-state index in [1.165, 1.54) is 23.4 Å². The van der Waals surface area contributed by atoms with E-state index in [1.807, 2.05) is 0 Å². The van der Waals surface area contributed by atoms with E-state index >= 15 is 0 Å². The molecule has 1 aliphatic heterocycles. The van der Waals surface area contributed by atoms with Gasteiger partial charge in [-0.15, -0.1) is 0 Å². The molecular weight excluding hydrogens is 450 g/mol. The maximum absolute atomic E-state index is 11.0. The topological polar surface area (TPSA) is 55.8 Å². The highest BCUT2D eigenvalue weighted by molar-refractivity contribution is 9.10. The smallest absolute Gasteiger partial charge is 0.335 e. The van der Waals surface area contributed by atoms with Crippen LogP contribution >= 0.6 is 39.7 Å². The summed E-state index contributed by atoms with van der Waals surface area (Å²) in [5.74, 6) is -1.01. The molecule has 1 saturated heterocycles. The van der Waals surface area contributed by atoms with Crippen LogP contribution in [0.5, 0.6) is 0 Å². The Hall–Kier alpha value is -1.83. The zero-order valence-electron chi connectivity index (χ0n) is 14.7. The molecule has 1 aliphatic rings. The number of piperazine rings is 1. The van der Waals surface area contributed by atoms with Crippen molar-refractivity contribution in [3.8, 4) is 0 Å². The summed E-state index contributed by atoms with van der Waals surface area (Å²) >= 11 is 15.2. The lowest BCUT2D eigenvalue weighted by Gasteiger charge is -2.38. The van der Waals surface area contributed by atoms with E-state index in [0.29, 0.717) is 15.8 Å². The molecule has 2 aromatic rings. The number of carbonyl (C=O) groups is 1. The Morgan fingerprint density at radius 2 is 1.89 bits per heavy atom. The molecular formula is C19H19BrClN3O2S. The van der Waals surface area contributed by atoms with Gasteiger partial charge in [0, 0.05) is 36.3 Å². The van der Waals surface area contributed by atoms with Gasteiger partial charge in [0.1, 0.15) is 0 Å². The number of carboxylic acid groups (broad SMARTS) is 1. The summed E-state index contributed by atoms with van der Waals surface area (Å²) in [4.78, 5) is 15.5. The number of aromatic carboxylic acids is 1. The van der Waals surface area contributed by atoms with Gasteiger partial charge in [0.25, 0.3) is 0 Å². The van der Waals surface area contributed by atoms with Crippen LogP contribution in [-0.4, -0.2) is 47.3 Å². The molecule has 1 heterocycles. The monoisotopic (exact) mass is 467 g/mol. The summed E-state index contributed by atoms with van der Waals surface area (Å²) in [5, 5.41) is 13.1. The highest BCUT2D eigenvalue weighted by atomic mass is 79.9. The van der Waals surface area contributed by atoms with Crippen LogP contribution in [0.3, 0.4) is 0 Å². The summed E-state index contributed by atoms with van der Waals surface area (Å²) in [5.41, 5.74) is 3.24. The van der Waals surface area contributed by atoms with Gasteiger partial charge >= 0.3 is 5.97 Å². The van der Waals surface area contributed by atoms with Crippen molar-refractivity contribution >= 4 is 62.2 Å². The third-order valence-electron chi connectivity index (χ3n) is 4.52. The molecule has 27 heavy (non-hydrogen) atoms. The number of carboxylic acids is 1. The average Bonchev–Trinajstić information content (AvgIpc) is 2.63. The Labute approximate surface area is 177 Å². The van der Waals surface area contributed by atoms with Gasteiger partial charge in [0.15, 0.2) is 5.11 Å². The number of nitrogens with one attached hydrogen (secondary N) is 1. The van der Waals surface area contributed by atoms with Gasteiger partial charge in [0.2, 0.25) is 0 Å². The third-order valence-corrected chi connectivity index (χ3v) is 5.69. The van der Waals surface area contributed by atoms with Crippen molar-refractivity contribution in [3.63, 3.8) is 0 Å². The number of rotatable bonds is 3. The molecule has 2 N–H and O–H groups in total. The summed E-state index contributed by atoms with van der Waals surface area (Å²) in [7, 11) is 0. The lowest BCUT2D eigenvalue weighted by atomic mass is 10.1. The van der Waals surface area contributed by atoms with Gasteiger partial charge in [-0.2, -0.15) is 0 Å². The number of nitrogens with zero attached hydrogens (tertiary/aromatic N) is 2. The highest BCUT2D eigenvalue weighted by Crippen LogP contribution is 2.26. The zero-order chi connectivity index (χ0) is 19.6. The Morgan fingerprint density at radius 3 is 2.48 bits per heavy atom. The van der Waals surface area contributed by atoms with Crippen molar-refractivity contribution in [2.75, 3.05) is 36.4 Å². The second-order valence-electron chi connectivity index (χ2n) is 6.33. The molecule has 0 unspecified atom stereocenters. The van der Waals surface area contributed by atoms with E-state index in [0.717, 1.165) is 30.7 Å². The van der Waals surface area contributed by atoms with Crippen LogP contribution in [0.25, 0.3) is 0 Å². The van der Waals surface area contributed by atoms with Crippen LogP contribution in [0.15, 0.2) is 40.9 Å². The van der Waals surface area contributed by atoms with E-state index in [-0.39, 0.29) is 5.56 Å². The quantitative estimate of drug-likeness (QED) is 0.641. The number of aryl methyl sites for hydroxylation is 1. The maximum atomic E-state index is 11.0. The summed E-state index contributed by atoms with van der Waals surface area (Å²) < 4.78 is 1.08. The van der Waals surface area contributed by atoms with Gasteiger partial charge in [-0.1, -0.05) is 27.5 Å². The van der Waals surface area contributed by atoms with E-state index in [9.17, 15) is 4.79 Å². The first-order chi connectivity index (χ1) is 12.8. The van der Waals surface area contributed by atoms with Crippen LogP contribution in [0.4, 0.5) is 11.4 Å². The molecule has 8 heteroatoms. The van der Waals surface area contributed by atoms with Crippen molar-refractivity contribution in [3.05, 3.63) is 57.0 Å².